The second kappa shape index (κ2) is 8.37. The van der Waals surface area contributed by atoms with Crippen LogP contribution in [0.1, 0.15) is 31.2 Å². The Hall–Kier alpha value is -3.66. The number of hydroxylamine groups is 2. The second-order valence-electron chi connectivity index (χ2n) is 7.30. The van der Waals surface area contributed by atoms with E-state index in [-0.39, 0.29) is 43.4 Å². The van der Waals surface area contributed by atoms with Crippen molar-refractivity contribution in [3.05, 3.63) is 54.1 Å². The molecule has 0 spiro atoms. The normalized spacial score (nSPS) is 21.9. The standard InChI is InChI=1S/C23H20N2O5/c26-20(13-14-23(29)30-25-21(27)11-12-22(25)28)24-15-18-7-2-1-5-16(18)9-10-17-6-3-4-8-19(17)24/h1-8,16,18H,11-15H2. The molecule has 2 heterocycles. The van der Waals surface area contributed by atoms with Gasteiger partial charge in [0.2, 0.25) is 5.91 Å². The first-order valence-electron chi connectivity index (χ1n) is 9.85. The van der Waals surface area contributed by atoms with E-state index in [1.54, 1.807) is 4.90 Å². The van der Waals surface area contributed by atoms with E-state index in [0.29, 0.717) is 17.3 Å². The van der Waals surface area contributed by atoms with Gasteiger partial charge in [-0.25, -0.2) is 4.79 Å². The van der Waals surface area contributed by atoms with Crippen molar-refractivity contribution in [3.8, 4) is 11.8 Å². The maximum atomic E-state index is 13.1. The maximum absolute atomic E-state index is 13.1. The van der Waals surface area contributed by atoms with Crippen LogP contribution in [0.5, 0.6) is 0 Å². The Morgan fingerprint density at radius 2 is 1.77 bits per heavy atom. The van der Waals surface area contributed by atoms with Crippen LogP contribution >= 0.6 is 0 Å². The smallest absolute Gasteiger partial charge is 0.330 e. The van der Waals surface area contributed by atoms with Crippen molar-refractivity contribution in [2.45, 2.75) is 25.7 Å². The van der Waals surface area contributed by atoms with Crippen molar-refractivity contribution < 1.29 is 24.0 Å². The number of nitrogens with zero attached hydrogens (tertiary/aromatic N) is 2. The van der Waals surface area contributed by atoms with Crippen LogP contribution in [0.2, 0.25) is 0 Å². The van der Waals surface area contributed by atoms with E-state index >= 15 is 0 Å². The molecule has 3 aliphatic rings. The van der Waals surface area contributed by atoms with Gasteiger partial charge in [-0.3, -0.25) is 14.4 Å². The first-order valence-corrected chi connectivity index (χ1v) is 9.85. The quantitative estimate of drug-likeness (QED) is 0.567. The van der Waals surface area contributed by atoms with Crippen molar-refractivity contribution >= 4 is 29.4 Å². The van der Waals surface area contributed by atoms with E-state index in [0.717, 1.165) is 5.56 Å². The van der Waals surface area contributed by atoms with Crippen LogP contribution in [0.3, 0.4) is 0 Å². The largest absolute Gasteiger partial charge is 0.333 e. The monoisotopic (exact) mass is 404 g/mol. The zero-order valence-corrected chi connectivity index (χ0v) is 16.2. The summed E-state index contributed by atoms with van der Waals surface area (Å²) in [6.45, 7) is 0.439. The molecule has 2 unspecified atom stereocenters. The highest BCUT2D eigenvalue weighted by Gasteiger charge is 2.33. The average Bonchev–Trinajstić information content (AvgIpc) is 3.05. The third-order valence-corrected chi connectivity index (χ3v) is 5.25. The highest BCUT2D eigenvalue weighted by molar-refractivity contribution is 6.02. The fourth-order valence-corrected chi connectivity index (χ4v) is 3.65. The van der Waals surface area contributed by atoms with E-state index in [1.807, 2.05) is 48.6 Å². The van der Waals surface area contributed by atoms with E-state index in [4.69, 9.17) is 4.84 Å². The van der Waals surface area contributed by atoms with Gasteiger partial charge in [0.25, 0.3) is 11.8 Å². The van der Waals surface area contributed by atoms with Crippen LogP contribution in [0.25, 0.3) is 0 Å². The van der Waals surface area contributed by atoms with Gasteiger partial charge >= 0.3 is 5.97 Å². The molecule has 0 bridgehead atoms. The zero-order chi connectivity index (χ0) is 21.1. The Morgan fingerprint density at radius 3 is 2.57 bits per heavy atom. The Kier molecular flexibility index (Phi) is 5.48. The molecule has 0 aromatic heterocycles. The molecule has 30 heavy (non-hydrogen) atoms. The van der Waals surface area contributed by atoms with Gasteiger partial charge in [-0.15, -0.1) is 5.06 Å². The summed E-state index contributed by atoms with van der Waals surface area (Å²) < 4.78 is 0. The van der Waals surface area contributed by atoms with Crippen LogP contribution in [0.15, 0.2) is 48.6 Å². The van der Waals surface area contributed by atoms with Gasteiger partial charge in [0.05, 0.1) is 12.1 Å². The fourth-order valence-electron chi connectivity index (χ4n) is 3.65. The number of carbonyl (C=O) groups excluding carboxylic acids is 4. The number of anilines is 1. The SMILES string of the molecule is O=C(CCC(=O)N1CC2C=CC=CC2C#Cc2ccccc21)ON1C(=O)CCC1=O. The second-order valence-corrected chi connectivity index (χ2v) is 7.30. The summed E-state index contributed by atoms with van der Waals surface area (Å²) in [5.74, 6) is 4.38. The van der Waals surface area contributed by atoms with Crippen molar-refractivity contribution in [2.75, 3.05) is 11.4 Å². The lowest BCUT2D eigenvalue weighted by Gasteiger charge is -2.31. The van der Waals surface area contributed by atoms with Crippen LogP contribution in [0, 0.1) is 23.7 Å². The molecule has 1 aromatic carbocycles. The molecule has 7 heteroatoms. The molecule has 0 radical (unpaired) electrons. The minimum atomic E-state index is -0.787. The first kappa shape index (κ1) is 19.6. The molecule has 1 saturated heterocycles. The lowest BCUT2D eigenvalue weighted by atomic mass is 9.87. The van der Waals surface area contributed by atoms with Gasteiger partial charge in [-0.2, -0.15) is 0 Å². The molecule has 0 N–H and O–H groups in total. The van der Waals surface area contributed by atoms with Gasteiger partial charge < -0.3 is 9.74 Å². The molecule has 2 atom stereocenters. The average molecular weight is 404 g/mol. The van der Waals surface area contributed by atoms with Gasteiger partial charge in [0, 0.05) is 43.2 Å². The summed E-state index contributed by atoms with van der Waals surface area (Å²) in [6, 6.07) is 7.41. The summed E-state index contributed by atoms with van der Waals surface area (Å²) in [5.41, 5.74) is 1.46. The number of para-hydroxylation sites is 1. The van der Waals surface area contributed by atoms with Crippen molar-refractivity contribution in [2.24, 2.45) is 11.8 Å². The molecule has 1 aliphatic carbocycles. The zero-order valence-electron chi connectivity index (χ0n) is 16.2. The number of carbonyl (C=O) groups is 4. The summed E-state index contributed by atoms with van der Waals surface area (Å²) >= 11 is 0. The van der Waals surface area contributed by atoms with Crippen LogP contribution in [-0.2, 0) is 24.0 Å². The Bertz CT molecular complexity index is 1010. The lowest BCUT2D eigenvalue weighted by Crippen LogP contribution is -2.39. The number of amides is 3. The third kappa shape index (κ3) is 4.03. The third-order valence-electron chi connectivity index (χ3n) is 5.25. The predicted octanol–water partition coefficient (Wildman–Crippen LogP) is 2.13. The van der Waals surface area contributed by atoms with E-state index in [2.05, 4.69) is 11.8 Å². The Balaban J connectivity index is 1.47. The summed E-state index contributed by atoms with van der Waals surface area (Å²) in [5, 5.41) is 0.498. The number of imide groups is 1. The molecular formula is C23H20N2O5. The number of hydrogen-bond acceptors (Lipinski definition) is 5. The number of fused-ring (bicyclic) bond motifs is 2. The fraction of sp³-hybridized carbons (Fsp3) is 0.304. The number of allylic oxidation sites excluding steroid dienone is 3. The van der Waals surface area contributed by atoms with Crippen LogP contribution in [0.4, 0.5) is 5.69 Å². The van der Waals surface area contributed by atoms with E-state index in [9.17, 15) is 19.2 Å². The van der Waals surface area contributed by atoms with Crippen LogP contribution in [-0.4, -0.2) is 35.3 Å². The molecule has 2 aliphatic heterocycles. The van der Waals surface area contributed by atoms with Crippen molar-refractivity contribution in [1.29, 1.82) is 0 Å². The molecule has 0 saturated carbocycles. The van der Waals surface area contributed by atoms with Crippen molar-refractivity contribution in [3.63, 3.8) is 0 Å². The summed E-state index contributed by atoms with van der Waals surface area (Å²) in [7, 11) is 0. The molecule has 152 valence electrons. The number of rotatable bonds is 4. The molecular weight excluding hydrogens is 384 g/mol. The van der Waals surface area contributed by atoms with Gasteiger partial charge in [-0.05, 0) is 12.1 Å². The lowest BCUT2D eigenvalue weighted by molar-refractivity contribution is -0.197. The molecule has 1 aromatic rings. The Morgan fingerprint density at radius 1 is 1.03 bits per heavy atom. The van der Waals surface area contributed by atoms with Crippen LogP contribution < -0.4 is 4.90 Å². The molecule has 1 fully saturated rings. The highest BCUT2D eigenvalue weighted by atomic mass is 16.7. The van der Waals surface area contributed by atoms with Crippen molar-refractivity contribution in [1.82, 2.24) is 5.06 Å². The number of benzene rings is 1. The molecule has 3 amide bonds. The molecule has 4 rings (SSSR count). The minimum absolute atomic E-state index is 0.0100. The molecule has 7 nitrogen and oxygen atoms in total. The maximum Gasteiger partial charge on any atom is 0.333 e. The summed E-state index contributed by atoms with van der Waals surface area (Å²) in [4.78, 5) is 54.8. The Labute approximate surface area is 173 Å². The minimum Gasteiger partial charge on any atom is -0.330 e. The predicted molar refractivity (Wildman–Crippen MR) is 107 cm³/mol. The number of hydrogen-bond donors (Lipinski definition) is 0. The highest BCUT2D eigenvalue weighted by Crippen LogP contribution is 2.29. The van der Waals surface area contributed by atoms with E-state index < -0.39 is 17.8 Å². The van der Waals surface area contributed by atoms with Gasteiger partial charge in [-0.1, -0.05) is 48.3 Å². The van der Waals surface area contributed by atoms with Gasteiger partial charge in [0.1, 0.15) is 0 Å². The topological polar surface area (TPSA) is 84.0 Å². The first-order chi connectivity index (χ1) is 14.5. The van der Waals surface area contributed by atoms with Gasteiger partial charge in [0.15, 0.2) is 0 Å². The summed E-state index contributed by atoms with van der Waals surface area (Å²) in [6.07, 6.45) is 7.68. The van der Waals surface area contributed by atoms with E-state index in [1.165, 1.54) is 0 Å².